The van der Waals surface area contributed by atoms with Gasteiger partial charge < -0.3 is 24.8 Å². The number of methoxy groups -OCH3 is 1. The Bertz CT molecular complexity index is 1210. The molecule has 2 N–H and O–H groups in total. The van der Waals surface area contributed by atoms with E-state index in [9.17, 15) is 4.79 Å². The molecule has 7 nitrogen and oxygen atoms in total. The summed E-state index contributed by atoms with van der Waals surface area (Å²) >= 11 is 5.90. The molecule has 1 saturated heterocycles. The van der Waals surface area contributed by atoms with Crippen molar-refractivity contribution >= 4 is 34.6 Å². The molecule has 1 aliphatic heterocycles. The standard InChI is InChI=1S/C27H31N5O2S/c1-18(33)29-22-17-20(13-14-24(22)34-2)32-26(25(30-27(32)35)21-11-6-7-15-28-21)23-12-8-16-31(23)19-9-4-3-5-10-19/h6-8,11-17,19,25-26H,3-5,9-10H2,1-2H3,(H,29,33)(H,30,35)/t25-,26-/m0/s1. The van der Waals surface area contributed by atoms with Gasteiger partial charge in [-0.05, 0) is 67.5 Å². The van der Waals surface area contributed by atoms with Crippen molar-refractivity contribution in [2.75, 3.05) is 17.3 Å². The Morgan fingerprint density at radius 2 is 1.97 bits per heavy atom. The number of pyridine rings is 1. The van der Waals surface area contributed by atoms with Crippen LogP contribution in [0.5, 0.6) is 5.75 Å². The van der Waals surface area contributed by atoms with Crippen LogP contribution >= 0.6 is 12.2 Å². The molecule has 1 aromatic carbocycles. The third kappa shape index (κ3) is 4.62. The van der Waals surface area contributed by atoms with E-state index < -0.39 is 0 Å². The predicted molar refractivity (Wildman–Crippen MR) is 142 cm³/mol. The van der Waals surface area contributed by atoms with E-state index in [-0.39, 0.29) is 18.0 Å². The first kappa shape index (κ1) is 23.4. The number of hydrogen-bond donors (Lipinski definition) is 2. The fourth-order valence-corrected chi connectivity index (χ4v) is 5.76. The van der Waals surface area contributed by atoms with Crippen molar-refractivity contribution in [1.82, 2.24) is 14.9 Å². The molecule has 3 heterocycles. The van der Waals surface area contributed by atoms with Crippen molar-refractivity contribution in [3.8, 4) is 5.75 Å². The lowest BCUT2D eigenvalue weighted by atomic mass is 9.94. The van der Waals surface area contributed by atoms with Gasteiger partial charge in [0.15, 0.2) is 5.11 Å². The van der Waals surface area contributed by atoms with Crippen molar-refractivity contribution in [3.63, 3.8) is 0 Å². The summed E-state index contributed by atoms with van der Waals surface area (Å²) in [5, 5.41) is 7.05. The summed E-state index contributed by atoms with van der Waals surface area (Å²) in [6, 6.07) is 16.4. The van der Waals surface area contributed by atoms with Gasteiger partial charge in [-0.15, -0.1) is 0 Å². The second kappa shape index (κ2) is 10.1. The maximum Gasteiger partial charge on any atom is 0.221 e. The zero-order valence-corrected chi connectivity index (χ0v) is 20.9. The molecule has 0 radical (unpaired) electrons. The van der Waals surface area contributed by atoms with Crippen molar-refractivity contribution in [2.24, 2.45) is 0 Å². The highest BCUT2D eigenvalue weighted by Gasteiger charge is 2.42. The molecule has 1 aliphatic carbocycles. The van der Waals surface area contributed by atoms with Crippen molar-refractivity contribution in [3.05, 3.63) is 72.3 Å². The van der Waals surface area contributed by atoms with Crippen LogP contribution in [0.3, 0.4) is 0 Å². The van der Waals surface area contributed by atoms with Crippen LogP contribution in [-0.2, 0) is 4.79 Å². The number of aromatic nitrogens is 2. The molecule has 0 unspecified atom stereocenters. The van der Waals surface area contributed by atoms with Crippen molar-refractivity contribution < 1.29 is 9.53 Å². The molecular formula is C27H31N5O2S. The molecule has 8 heteroatoms. The third-order valence-electron chi connectivity index (χ3n) is 6.95. The predicted octanol–water partition coefficient (Wildman–Crippen LogP) is 5.53. The Labute approximate surface area is 211 Å². The number of hydrogen-bond acceptors (Lipinski definition) is 4. The number of rotatable bonds is 6. The zero-order valence-electron chi connectivity index (χ0n) is 20.1. The molecule has 2 atom stereocenters. The van der Waals surface area contributed by atoms with E-state index >= 15 is 0 Å². The second-order valence-electron chi connectivity index (χ2n) is 9.19. The summed E-state index contributed by atoms with van der Waals surface area (Å²) in [7, 11) is 1.60. The van der Waals surface area contributed by atoms with E-state index in [1.165, 1.54) is 44.7 Å². The second-order valence-corrected chi connectivity index (χ2v) is 9.58. The Morgan fingerprint density at radius 3 is 2.69 bits per heavy atom. The molecule has 0 spiro atoms. The smallest absolute Gasteiger partial charge is 0.221 e. The van der Waals surface area contributed by atoms with Gasteiger partial charge in [0.2, 0.25) is 5.91 Å². The quantitative estimate of drug-likeness (QED) is 0.444. The first-order valence-corrected chi connectivity index (χ1v) is 12.6. The van der Waals surface area contributed by atoms with E-state index in [1.54, 1.807) is 7.11 Å². The fraction of sp³-hybridized carbons (Fsp3) is 0.370. The van der Waals surface area contributed by atoms with Crippen molar-refractivity contribution in [2.45, 2.75) is 57.2 Å². The van der Waals surface area contributed by atoms with E-state index in [0.717, 1.165) is 11.4 Å². The minimum atomic E-state index is -0.156. The number of benzene rings is 1. The highest BCUT2D eigenvalue weighted by Crippen LogP contribution is 2.44. The summed E-state index contributed by atoms with van der Waals surface area (Å²) in [5.41, 5.74) is 3.64. The molecule has 2 fully saturated rings. The molecule has 5 rings (SSSR count). The number of carbonyl (C=O) groups is 1. The average Bonchev–Trinajstić information content (AvgIpc) is 3.49. The lowest BCUT2D eigenvalue weighted by Gasteiger charge is -2.32. The first-order valence-electron chi connectivity index (χ1n) is 12.2. The first-order chi connectivity index (χ1) is 17.1. The van der Waals surface area contributed by atoms with E-state index in [2.05, 4.69) is 43.4 Å². The summed E-state index contributed by atoms with van der Waals surface area (Å²) in [6.45, 7) is 1.49. The Kier molecular flexibility index (Phi) is 6.72. The normalized spacial score (nSPS) is 20.5. The number of carbonyl (C=O) groups excluding carboxylic acids is 1. The highest BCUT2D eigenvalue weighted by molar-refractivity contribution is 7.80. The van der Waals surface area contributed by atoms with Gasteiger partial charge in [0.25, 0.3) is 0 Å². The SMILES string of the molecule is COc1ccc(N2C(=S)N[C@@H](c3ccccn3)[C@@H]2c2cccn2C2CCCCC2)cc1NC(C)=O. The van der Waals surface area contributed by atoms with Crippen LogP contribution in [0.1, 0.15) is 68.5 Å². The topological polar surface area (TPSA) is 71.4 Å². The number of nitrogens with one attached hydrogen (secondary N) is 2. The summed E-state index contributed by atoms with van der Waals surface area (Å²) in [5.74, 6) is 0.446. The maximum absolute atomic E-state index is 11.9. The molecule has 2 aliphatic rings. The summed E-state index contributed by atoms with van der Waals surface area (Å²) < 4.78 is 7.93. The van der Waals surface area contributed by atoms with Crippen LogP contribution in [0.15, 0.2) is 60.9 Å². The monoisotopic (exact) mass is 489 g/mol. The van der Waals surface area contributed by atoms with Crippen LogP contribution in [0.2, 0.25) is 0 Å². The van der Waals surface area contributed by atoms with Gasteiger partial charge in [-0.3, -0.25) is 9.78 Å². The van der Waals surface area contributed by atoms with Gasteiger partial charge in [0.05, 0.1) is 24.5 Å². The fourth-order valence-electron chi connectivity index (χ4n) is 5.42. The van der Waals surface area contributed by atoms with Gasteiger partial charge in [-0.2, -0.15) is 0 Å². The van der Waals surface area contributed by atoms with E-state index in [0.29, 0.717) is 22.6 Å². The Morgan fingerprint density at radius 1 is 1.14 bits per heavy atom. The molecule has 2 aromatic heterocycles. The molecule has 35 heavy (non-hydrogen) atoms. The molecule has 3 aromatic rings. The highest BCUT2D eigenvalue weighted by atomic mass is 32.1. The number of thiocarbonyl (C=S) groups is 1. The maximum atomic E-state index is 11.9. The summed E-state index contributed by atoms with van der Waals surface area (Å²) in [6.07, 6.45) is 10.2. The van der Waals surface area contributed by atoms with Gasteiger partial charge in [-0.25, -0.2) is 0 Å². The molecule has 1 saturated carbocycles. The largest absolute Gasteiger partial charge is 0.495 e. The van der Waals surface area contributed by atoms with Crippen LogP contribution in [-0.4, -0.2) is 27.7 Å². The average molecular weight is 490 g/mol. The minimum absolute atomic E-state index is 0.104. The molecule has 0 bridgehead atoms. The van der Waals surface area contributed by atoms with E-state index in [4.69, 9.17) is 17.0 Å². The molecule has 182 valence electrons. The van der Waals surface area contributed by atoms with Gasteiger partial charge in [0, 0.05) is 36.7 Å². The van der Waals surface area contributed by atoms with Gasteiger partial charge >= 0.3 is 0 Å². The van der Waals surface area contributed by atoms with E-state index in [1.807, 2.05) is 42.6 Å². The molecular weight excluding hydrogens is 458 g/mol. The molecule has 1 amide bonds. The van der Waals surface area contributed by atoms with Gasteiger partial charge in [0.1, 0.15) is 11.8 Å². The zero-order chi connectivity index (χ0) is 24.4. The number of amides is 1. The lowest BCUT2D eigenvalue weighted by molar-refractivity contribution is -0.114. The van der Waals surface area contributed by atoms with Crippen molar-refractivity contribution in [1.29, 1.82) is 0 Å². The van der Waals surface area contributed by atoms with Gasteiger partial charge in [-0.1, -0.05) is 25.3 Å². The number of nitrogens with zero attached hydrogens (tertiary/aromatic N) is 3. The third-order valence-corrected chi connectivity index (χ3v) is 7.27. The Hall–Kier alpha value is -3.39. The Balaban J connectivity index is 1.61. The number of anilines is 2. The van der Waals surface area contributed by atoms with Crippen LogP contribution < -0.4 is 20.3 Å². The van der Waals surface area contributed by atoms with Crippen LogP contribution in [0.4, 0.5) is 11.4 Å². The minimum Gasteiger partial charge on any atom is -0.495 e. The van der Waals surface area contributed by atoms with Crippen LogP contribution in [0.25, 0.3) is 0 Å². The number of ether oxygens (including phenoxy) is 1. The van der Waals surface area contributed by atoms with Crippen LogP contribution in [0, 0.1) is 0 Å². The lowest BCUT2D eigenvalue weighted by Crippen LogP contribution is -2.31. The summed E-state index contributed by atoms with van der Waals surface area (Å²) in [4.78, 5) is 18.7.